The first-order valence-corrected chi connectivity index (χ1v) is 3.14. The fraction of sp³-hybridized carbons (Fsp3) is 0.667. The second kappa shape index (κ2) is 3.76. The van der Waals surface area contributed by atoms with Crippen molar-refractivity contribution in [1.82, 2.24) is 0 Å². The van der Waals surface area contributed by atoms with Crippen LogP contribution < -0.4 is 0 Å². The highest BCUT2D eigenvalue weighted by molar-refractivity contribution is 5.10. The first kappa shape index (κ1) is 13.2. The molecule has 0 aromatic carbocycles. The van der Waals surface area contributed by atoms with Crippen LogP contribution >= 0.6 is 0 Å². The van der Waals surface area contributed by atoms with E-state index in [0.29, 0.717) is 0 Å². The third-order valence-electron chi connectivity index (χ3n) is 1.27. The number of rotatable bonds is 2. The van der Waals surface area contributed by atoms with E-state index in [1.165, 1.54) is 0 Å². The fourth-order valence-corrected chi connectivity index (χ4v) is 0.560. The molecule has 1 nitrogen and oxygen atoms in total. The van der Waals surface area contributed by atoms with Crippen molar-refractivity contribution in [3.8, 4) is 0 Å². The lowest BCUT2D eigenvalue weighted by Gasteiger charge is -2.26. The highest BCUT2D eigenvalue weighted by Gasteiger charge is 2.71. The summed E-state index contributed by atoms with van der Waals surface area (Å²) in [6.07, 6.45) is -13.1. The van der Waals surface area contributed by atoms with Gasteiger partial charge in [0.2, 0.25) is 0 Å². The van der Waals surface area contributed by atoms with E-state index in [4.69, 9.17) is 0 Å². The van der Waals surface area contributed by atoms with E-state index in [2.05, 4.69) is 0 Å². The predicted molar refractivity (Wildman–Crippen MR) is 30.6 cm³/mol. The second-order valence-corrected chi connectivity index (χ2v) is 2.28. The van der Waals surface area contributed by atoms with Gasteiger partial charge in [-0.3, -0.25) is 0 Å². The molecule has 0 heterocycles. The molecule has 0 aliphatic carbocycles. The largest absolute Gasteiger partial charge is 0.435 e. The monoisotopic (exact) mass is 225 g/mol. The molecule has 0 bridgehead atoms. The minimum atomic E-state index is -6.13. The van der Waals surface area contributed by atoms with Crippen molar-refractivity contribution in [3.05, 3.63) is 12.2 Å². The maximum Gasteiger partial charge on any atom is 0.435 e. The standard InChI is InChI=1S/C6H4F7O/c7-4(2-1-3-14,5(8,9)10)6(11,12)13/h1-2H,3H2/b2-1+. The Labute approximate surface area is 73.8 Å². The van der Waals surface area contributed by atoms with Gasteiger partial charge in [0.15, 0.2) is 0 Å². The summed E-state index contributed by atoms with van der Waals surface area (Å²) in [5, 5.41) is 9.64. The van der Waals surface area contributed by atoms with Crippen molar-refractivity contribution in [2.24, 2.45) is 0 Å². The normalized spacial score (nSPS) is 15.1. The summed E-state index contributed by atoms with van der Waals surface area (Å²) in [7, 11) is 0. The Morgan fingerprint density at radius 3 is 1.43 bits per heavy atom. The molecular weight excluding hydrogens is 221 g/mol. The third kappa shape index (κ3) is 2.37. The molecule has 0 unspecified atom stereocenters. The molecule has 0 spiro atoms. The van der Waals surface area contributed by atoms with Crippen LogP contribution in [-0.2, 0) is 5.11 Å². The predicted octanol–water partition coefficient (Wildman–Crippen LogP) is 2.81. The quantitative estimate of drug-likeness (QED) is 0.508. The molecule has 0 saturated carbocycles. The van der Waals surface area contributed by atoms with Gasteiger partial charge >= 0.3 is 18.0 Å². The molecule has 8 heteroatoms. The lowest BCUT2D eigenvalue weighted by atomic mass is 10.0. The summed E-state index contributed by atoms with van der Waals surface area (Å²) in [5.41, 5.74) is -5.45. The summed E-state index contributed by atoms with van der Waals surface area (Å²) in [6.45, 7) is -1.36. The molecule has 0 N–H and O–H groups in total. The summed E-state index contributed by atoms with van der Waals surface area (Å²) < 4.78 is 82.6. The van der Waals surface area contributed by atoms with Crippen LogP contribution in [0.25, 0.3) is 0 Å². The van der Waals surface area contributed by atoms with Gasteiger partial charge in [0.1, 0.15) is 6.61 Å². The molecule has 83 valence electrons. The molecule has 0 aliphatic heterocycles. The molecule has 0 amide bonds. The molecule has 0 aromatic heterocycles. The van der Waals surface area contributed by atoms with Crippen molar-refractivity contribution in [2.75, 3.05) is 6.61 Å². The summed E-state index contributed by atoms with van der Waals surface area (Å²) in [5.74, 6) is 0. The first-order chi connectivity index (χ1) is 6.06. The van der Waals surface area contributed by atoms with E-state index >= 15 is 0 Å². The lowest BCUT2D eigenvalue weighted by Crippen LogP contribution is -2.51. The van der Waals surface area contributed by atoms with E-state index in [1.807, 2.05) is 0 Å². The van der Waals surface area contributed by atoms with Crippen molar-refractivity contribution >= 4 is 0 Å². The molecule has 0 aliphatic rings. The molecule has 1 radical (unpaired) electrons. The van der Waals surface area contributed by atoms with Crippen molar-refractivity contribution in [1.29, 1.82) is 0 Å². The van der Waals surface area contributed by atoms with Gasteiger partial charge < -0.3 is 0 Å². The zero-order valence-electron chi connectivity index (χ0n) is 6.42. The van der Waals surface area contributed by atoms with E-state index in [-0.39, 0.29) is 6.08 Å². The Kier molecular flexibility index (Phi) is 3.54. The van der Waals surface area contributed by atoms with Gasteiger partial charge in [-0.05, 0) is 6.08 Å². The van der Waals surface area contributed by atoms with Gasteiger partial charge in [-0.25, -0.2) is 9.50 Å². The number of alkyl halides is 7. The molecule has 0 aromatic rings. The lowest BCUT2D eigenvalue weighted by molar-refractivity contribution is -0.322. The van der Waals surface area contributed by atoms with Crippen LogP contribution in [0.5, 0.6) is 0 Å². The highest BCUT2D eigenvalue weighted by Crippen LogP contribution is 2.46. The molecule has 0 rings (SSSR count). The van der Waals surface area contributed by atoms with Crippen LogP contribution in [0.3, 0.4) is 0 Å². The van der Waals surface area contributed by atoms with Crippen LogP contribution in [0.1, 0.15) is 0 Å². The van der Waals surface area contributed by atoms with E-state index in [0.717, 1.165) is 0 Å². The van der Waals surface area contributed by atoms with Gasteiger partial charge in [-0.1, -0.05) is 6.08 Å². The fourth-order valence-electron chi connectivity index (χ4n) is 0.560. The topological polar surface area (TPSA) is 19.9 Å². The van der Waals surface area contributed by atoms with Gasteiger partial charge in [0, 0.05) is 0 Å². The van der Waals surface area contributed by atoms with Crippen LogP contribution in [0.15, 0.2) is 12.2 Å². The Balaban J connectivity index is 5.18. The molecular formula is C6H4F7O. The van der Waals surface area contributed by atoms with Gasteiger partial charge in [0.25, 0.3) is 0 Å². The summed E-state index contributed by atoms with van der Waals surface area (Å²) in [4.78, 5) is 0. The highest BCUT2D eigenvalue weighted by atomic mass is 19.4. The van der Waals surface area contributed by atoms with Crippen molar-refractivity contribution in [2.45, 2.75) is 18.0 Å². The first-order valence-electron chi connectivity index (χ1n) is 3.14. The van der Waals surface area contributed by atoms with Crippen molar-refractivity contribution < 1.29 is 35.8 Å². The SMILES string of the molecule is [O]C/C=C/C(F)(C(F)(F)F)C(F)(F)F. The molecule has 14 heavy (non-hydrogen) atoms. The Bertz CT molecular complexity index is 199. The van der Waals surface area contributed by atoms with E-state index in [9.17, 15) is 35.8 Å². The molecule has 0 saturated heterocycles. The van der Waals surface area contributed by atoms with Gasteiger partial charge in [-0.2, -0.15) is 26.3 Å². The van der Waals surface area contributed by atoms with Gasteiger partial charge in [-0.15, -0.1) is 0 Å². The smallest absolute Gasteiger partial charge is 0.232 e. The zero-order chi connectivity index (χ0) is 11.6. The Hall–Kier alpha value is -0.790. The summed E-state index contributed by atoms with van der Waals surface area (Å²) >= 11 is 0. The Morgan fingerprint density at radius 1 is 0.857 bits per heavy atom. The average molecular weight is 225 g/mol. The minimum absolute atomic E-state index is 0.0685. The van der Waals surface area contributed by atoms with Crippen LogP contribution in [0.4, 0.5) is 30.7 Å². The third-order valence-corrected chi connectivity index (χ3v) is 1.27. The zero-order valence-corrected chi connectivity index (χ0v) is 6.42. The number of allylic oxidation sites excluding steroid dienone is 1. The maximum atomic E-state index is 12.5. The van der Waals surface area contributed by atoms with Crippen molar-refractivity contribution in [3.63, 3.8) is 0 Å². The average Bonchev–Trinajstić information content (AvgIpc) is 1.95. The molecule has 0 fully saturated rings. The minimum Gasteiger partial charge on any atom is -0.232 e. The van der Waals surface area contributed by atoms with Crippen LogP contribution in [-0.4, -0.2) is 24.6 Å². The van der Waals surface area contributed by atoms with Gasteiger partial charge in [0.05, 0.1) is 0 Å². The van der Waals surface area contributed by atoms with Crippen LogP contribution in [0, 0.1) is 0 Å². The van der Waals surface area contributed by atoms with E-state index < -0.39 is 30.7 Å². The number of hydrogen-bond donors (Lipinski definition) is 0. The maximum absolute atomic E-state index is 12.5. The molecule has 0 atom stereocenters. The number of hydrogen-bond acceptors (Lipinski definition) is 0. The number of halogens is 7. The summed E-state index contributed by atoms with van der Waals surface area (Å²) in [6, 6.07) is 0. The Morgan fingerprint density at radius 2 is 1.21 bits per heavy atom. The second-order valence-electron chi connectivity index (χ2n) is 2.28. The van der Waals surface area contributed by atoms with Crippen LogP contribution in [0.2, 0.25) is 0 Å². The van der Waals surface area contributed by atoms with E-state index in [1.54, 1.807) is 0 Å².